The summed E-state index contributed by atoms with van der Waals surface area (Å²) in [6.45, 7) is 2.23. The highest BCUT2D eigenvalue weighted by molar-refractivity contribution is 5.08. The first-order chi connectivity index (χ1) is 5.29. The van der Waals surface area contributed by atoms with Crippen LogP contribution in [0.1, 0.15) is 25.1 Å². The molecule has 11 heavy (non-hydrogen) atoms. The standard InChI is InChI=1S/C9H13NO/c1-6-5-7(6)9(10)8-3-2-4-11-8/h2-4,6-7,9H,5,10H2,1H3/t6?,7?,9-/m1/s1. The zero-order valence-corrected chi connectivity index (χ0v) is 6.66. The van der Waals surface area contributed by atoms with Crippen LogP contribution in [0.3, 0.4) is 0 Å². The number of furan rings is 1. The quantitative estimate of drug-likeness (QED) is 0.701. The van der Waals surface area contributed by atoms with Crippen LogP contribution >= 0.6 is 0 Å². The van der Waals surface area contributed by atoms with Crippen molar-refractivity contribution in [1.82, 2.24) is 0 Å². The molecule has 1 fully saturated rings. The van der Waals surface area contributed by atoms with E-state index in [2.05, 4.69) is 6.92 Å². The first kappa shape index (κ1) is 6.92. The molecule has 2 N–H and O–H groups in total. The Bertz CT molecular complexity index is 230. The SMILES string of the molecule is CC1CC1[C@@H](N)c1ccco1. The van der Waals surface area contributed by atoms with Crippen molar-refractivity contribution in [2.45, 2.75) is 19.4 Å². The lowest BCUT2D eigenvalue weighted by atomic mass is 10.1. The van der Waals surface area contributed by atoms with Gasteiger partial charge in [-0.15, -0.1) is 0 Å². The van der Waals surface area contributed by atoms with Crippen LogP contribution in [0.5, 0.6) is 0 Å². The van der Waals surface area contributed by atoms with Crippen molar-refractivity contribution in [1.29, 1.82) is 0 Å². The van der Waals surface area contributed by atoms with Gasteiger partial charge in [0, 0.05) is 0 Å². The summed E-state index contributed by atoms with van der Waals surface area (Å²) in [5.74, 6) is 2.37. The second-order valence-electron chi connectivity index (χ2n) is 3.42. The van der Waals surface area contributed by atoms with Crippen molar-refractivity contribution in [2.75, 3.05) is 0 Å². The molecular formula is C9H13NO. The number of hydrogen-bond donors (Lipinski definition) is 1. The third-order valence-electron chi connectivity index (χ3n) is 2.50. The third kappa shape index (κ3) is 1.18. The summed E-state index contributed by atoms with van der Waals surface area (Å²) in [5.41, 5.74) is 5.94. The molecule has 0 radical (unpaired) electrons. The fourth-order valence-corrected chi connectivity index (χ4v) is 1.54. The minimum Gasteiger partial charge on any atom is -0.468 e. The van der Waals surface area contributed by atoms with Gasteiger partial charge in [0.2, 0.25) is 0 Å². The molecule has 0 aromatic carbocycles. The first-order valence-electron chi connectivity index (χ1n) is 4.08. The van der Waals surface area contributed by atoms with Crippen LogP contribution in [0.15, 0.2) is 22.8 Å². The average Bonchev–Trinajstić information content (AvgIpc) is 2.56. The zero-order valence-electron chi connectivity index (χ0n) is 6.66. The van der Waals surface area contributed by atoms with Gasteiger partial charge in [-0.05, 0) is 30.4 Å². The normalized spacial score (nSPS) is 31.8. The molecule has 0 aliphatic heterocycles. The Labute approximate surface area is 66.4 Å². The highest BCUT2D eigenvalue weighted by atomic mass is 16.3. The van der Waals surface area contributed by atoms with E-state index in [1.807, 2.05) is 12.1 Å². The summed E-state index contributed by atoms with van der Waals surface area (Å²) in [7, 11) is 0. The van der Waals surface area contributed by atoms with Crippen LogP contribution in [-0.2, 0) is 0 Å². The molecule has 1 saturated carbocycles. The molecule has 0 spiro atoms. The van der Waals surface area contributed by atoms with E-state index in [0.717, 1.165) is 11.7 Å². The molecule has 1 aliphatic carbocycles. The van der Waals surface area contributed by atoms with Crippen LogP contribution < -0.4 is 5.73 Å². The second-order valence-corrected chi connectivity index (χ2v) is 3.42. The van der Waals surface area contributed by atoms with Crippen molar-refractivity contribution in [3.8, 4) is 0 Å². The van der Waals surface area contributed by atoms with E-state index < -0.39 is 0 Å². The molecule has 1 aromatic heterocycles. The smallest absolute Gasteiger partial charge is 0.120 e. The molecule has 2 unspecified atom stereocenters. The number of hydrogen-bond acceptors (Lipinski definition) is 2. The van der Waals surface area contributed by atoms with Crippen LogP contribution in [0.2, 0.25) is 0 Å². The second kappa shape index (κ2) is 2.38. The van der Waals surface area contributed by atoms with E-state index in [0.29, 0.717) is 5.92 Å². The maximum absolute atomic E-state index is 5.94. The first-order valence-corrected chi connectivity index (χ1v) is 4.08. The predicted molar refractivity (Wildman–Crippen MR) is 42.9 cm³/mol. The molecule has 3 atom stereocenters. The van der Waals surface area contributed by atoms with E-state index in [9.17, 15) is 0 Å². The zero-order chi connectivity index (χ0) is 7.84. The summed E-state index contributed by atoms with van der Waals surface area (Å²) < 4.78 is 5.22. The highest BCUT2D eigenvalue weighted by Gasteiger charge is 2.39. The number of rotatable bonds is 2. The minimum atomic E-state index is 0.125. The predicted octanol–water partition coefficient (Wildman–Crippen LogP) is 1.94. The molecule has 0 bridgehead atoms. The molecule has 2 heteroatoms. The average molecular weight is 151 g/mol. The van der Waals surface area contributed by atoms with Crippen LogP contribution in [-0.4, -0.2) is 0 Å². The lowest BCUT2D eigenvalue weighted by Gasteiger charge is -2.05. The van der Waals surface area contributed by atoms with Gasteiger partial charge in [0.1, 0.15) is 5.76 Å². The van der Waals surface area contributed by atoms with Gasteiger partial charge in [-0.1, -0.05) is 6.92 Å². The van der Waals surface area contributed by atoms with E-state index in [1.165, 1.54) is 6.42 Å². The largest absolute Gasteiger partial charge is 0.468 e. The van der Waals surface area contributed by atoms with Crippen molar-refractivity contribution >= 4 is 0 Å². The Morgan fingerprint density at radius 3 is 2.91 bits per heavy atom. The van der Waals surface area contributed by atoms with Crippen LogP contribution in [0, 0.1) is 11.8 Å². The van der Waals surface area contributed by atoms with Crippen molar-refractivity contribution < 1.29 is 4.42 Å². The molecule has 60 valence electrons. The van der Waals surface area contributed by atoms with Crippen molar-refractivity contribution in [2.24, 2.45) is 17.6 Å². The Balaban J connectivity index is 2.06. The van der Waals surface area contributed by atoms with E-state index in [-0.39, 0.29) is 6.04 Å². The Hall–Kier alpha value is -0.760. The summed E-state index contributed by atoms with van der Waals surface area (Å²) in [4.78, 5) is 0. The maximum Gasteiger partial charge on any atom is 0.120 e. The molecule has 0 saturated heterocycles. The van der Waals surface area contributed by atoms with Gasteiger partial charge in [-0.25, -0.2) is 0 Å². The molecule has 1 aromatic rings. The monoisotopic (exact) mass is 151 g/mol. The number of nitrogens with two attached hydrogens (primary N) is 1. The minimum absolute atomic E-state index is 0.125. The lowest BCUT2D eigenvalue weighted by molar-refractivity contribution is 0.433. The van der Waals surface area contributed by atoms with Gasteiger partial charge >= 0.3 is 0 Å². The van der Waals surface area contributed by atoms with Gasteiger partial charge in [-0.2, -0.15) is 0 Å². The van der Waals surface area contributed by atoms with Gasteiger partial charge in [0.05, 0.1) is 12.3 Å². The highest BCUT2D eigenvalue weighted by Crippen LogP contribution is 2.45. The Kier molecular flexibility index (Phi) is 1.50. The topological polar surface area (TPSA) is 39.2 Å². The van der Waals surface area contributed by atoms with Gasteiger partial charge in [0.15, 0.2) is 0 Å². The third-order valence-corrected chi connectivity index (χ3v) is 2.50. The maximum atomic E-state index is 5.94. The van der Waals surface area contributed by atoms with E-state index in [4.69, 9.17) is 10.2 Å². The summed E-state index contributed by atoms with van der Waals surface area (Å²) in [6, 6.07) is 3.97. The van der Waals surface area contributed by atoms with Gasteiger partial charge in [-0.3, -0.25) is 0 Å². The summed E-state index contributed by atoms with van der Waals surface area (Å²) in [6.07, 6.45) is 2.93. The Morgan fingerprint density at radius 1 is 1.73 bits per heavy atom. The fraction of sp³-hybridized carbons (Fsp3) is 0.556. The Morgan fingerprint density at radius 2 is 2.45 bits per heavy atom. The molecule has 0 amide bonds. The van der Waals surface area contributed by atoms with Crippen LogP contribution in [0.4, 0.5) is 0 Å². The van der Waals surface area contributed by atoms with Crippen molar-refractivity contribution in [3.63, 3.8) is 0 Å². The summed E-state index contributed by atoms with van der Waals surface area (Å²) >= 11 is 0. The van der Waals surface area contributed by atoms with Gasteiger partial charge in [0.25, 0.3) is 0 Å². The van der Waals surface area contributed by atoms with E-state index in [1.54, 1.807) is 6.26 Å². The van der Waals surface area contributed by atoms with Crippen LogP contribution in [0.25, 0.3) is 0 Å². The molecule has 2 nitrogen and oxygen atoms in total. The molecule has 2 rings (SSSR count). The molecule has 1 aliphatic rings. The molecular weight excluding hydrogens is 138 g/mol. The van der Waals surface area contributed by atoms with E-state index >= 15 is 0 Å². The lowest BCUT2D eigenvalue weighted by Crippen LogP contribution is -2.12. The fourth-order valence-electron chi connectivity index (χ4n) is 1.54. The molecule has 1 heterocycles. The van der Waals surface area contributed by atoms with Crippen molar-refractivity contribution in [3.05, 3.63) is 24.2 Å². The summed E-state index contributed by atoms with van der Waals surface area (Å²) in [5, 5.41) is 0. The van der Waals surface area contributed by atoms with Gasteiger partial charge < -0.3 is 10.2 Å².